The van der Waals surface area contributed by atoms with Gasteiger partial charge in [-0.2, -0.15) is 0 Å². The van der Waals surface area contributed by atoms with Gasteiger partial charge in [-0.25, -0.2) is 4.79 Å². The summed E-state index contributed by atoms with van der Waals surface area (Å²) in [5.74, 6) is 0.484. The molecule has 0 aliphatic carbocycles. The summed E-state index contributed by atoms with van der Waals surface area (Å²) in [7, 11) is 4.03. The van der Waals surface area contributed by atoms with Crippen molar-refractivity contribution in [2.75, 3.05) is 39.1 Å². The number of amides is 2. The Morgan fingerprint density at radius 1 is 1.39 bits per heavy atom. The highest BCUT2D eigenvalue weighted by Gasteiger charge is 2.29. The molecule has 2 unspecified atom stereocenters. The molecule has 1 aliphatic heterocycles. The molecule has 2 atom stereocenters. The third kappa shape index (κ3) is 4.94. The van der Waals surface area contributed by atoms with E-state index in [4.69, 9.17) is 4.74 Å². The van der Waals surface area contributed by atoms with Crippen molar-refractivity contribution in [1.82, 2.24) is 9.80 Å². The SMILES string of the molecule is CCOCc1ccc(NC(=O)N(C)C2CCN(C)CC2C)cc1. The fraction of sp³-hybridized carbons (Fsp3) is 0.611. The van der Waals surface area contributed by atoms with Crippen LogP contribution >= 0.6 is 0 Å². The summed E-state index contributed by atoms with van der Waals surface area (Å²) in [5.41, 5.74) is 1.94. The number of carbonyl (C=O) groups is 1. The molecule has 0 radical (unpaired) electrons. The Hall–Kier alpha value is -1.59. The number of likely N-dealkylation sites (tertiary alicyclic amines) is 1. The Bertz CT molecular complexity index is 503. The lowest BCUT2D eigenvalue weighted by Crippen LogP contribution is -2.50. The first-order valence-corrected chi connectivity index (χ1v) is 8.40. The summed E-state index contributed by atoms with van der Waals surface area (Å²) < 4.78 is 5.38. The van der Waals surface area contributed by atoms with Crippen LogP contribution in [0.25, 0.3) is 0 Å². The number of nitrogens with one attached hydrogen (secondary N) is 1. The van der Waals surface area contributed by atoms with Crippen molar-refractivity contribution in [2.24, 2.45) is 5.92 Å². The van der Waals surface area contributed by atoms with Crippen LogP contribution in [0.1, 0.15) is 25.8 Å². The van der Waals surface area contributed by atoms with Crippen LogP contribution in [0.4, 0.5) is 10.5 Å². The zero-order valence-electron chi connectivity index (χ0n) is 14.7. The molecule has 0 bridgehead atoms. The molecule has 1 saturated heterocycles. The first-order valence-electron chi connectivity index (χ1n) is 8.40. The monoisotopic (exact) mass is 319 g/mol. The molecule has 0 saturated carbocycles. The van der Waals surface area contributed by atoms with Crippen LogP contribution in [0.3, 0.4) is 0 Å². The molecule has 128 valence electrons. The number of piperidine rings is 1. The van der Waals surface area contributed by atoms with Crippen LogP contribution in [-0.4, -0.2) is 55.7 Å². The van der Waals surface area contributed by atoms with E-state index in [0.717, 1.165) is 30.8 Å². The van der Waals surface area contributed by atoms with E-state index in [1.54, 1.807) is 0 Å². The number of hydrogen-bond donors (Lipinski definition) is 1. The normalized spacial score (nSPS) is 21.9. The zero-order valence-corrected chi connectivity index (χ0v) is 14.7. The molecule has 5 heteroatoms. The number of anilines is 1. The number of nitrogens with zero attached hydrogens (tertiary/aromatic N) is 2. The average Bonchev–Trinajstić information content (AvgIpc) is 2.53. The first kappa shape index (κ1) is 17.8. The second-order valence-corrected chi connectivity index (χ2v) is 6.47. The molecule has 5 nitrogen and oxygen atoms in total. The number of ether oxygens (including phenoxy) is 1. The van der Waals surface area contributed by atoms with Crippen molar-refractivity contribution in [1.29, 1.82) is 0 Å². The highest BCUT2D eigenvalue weighted by atomic mass is 16.5. The van der Waals surface area contributed by atoms with Crippen molar-refractivity contribution in [3.8, 4) is 0 Å². The second kappa shape index (κ2) is 8.31. The van der Waals surface area contributed by atoms with Gasteiger partial charge in [0.25, 0.3) is 0 Å². The fourth-order valence-corrected chi connectivity index (χ4v) is 3.18. The standard InChI is InChI=1S/C18H29N3O2/c1-5-23-13-15-6-8-16(9-7-15)19-18(22)21(4)17-10-11-20(3)12-14(17)2/h6-9,14,17H,5,10-13H2,1-4H3,(H,19,22). The molecule has 1 N–H and O–H groups in total. The highest BCUT2D eigenvalue weighted by Crippen LogP contribution is 2.21. The smallest absolute Gasteiger partial charge is 0.321 e. The van der Waals surface area contributed by atoms with Crippen LogP contribution in [-0.2, 0) is 11.3 Å². The largest absolute Gasteiger partial charge is 0.377 e. The third-order valence-electron chi connectivity index (χ3n) is 4.56. The van der Waals surface area contributed by atoms with Gasteiger partial charge < -0.3 is 19.9 Å². The molecule has 1 heterocycles. The summed E-state index contributed by atoms with van der Waals surface area (Å²) in [4.78, 5) is 16.6. The number of rotatable bonds is 5. The van der Waals surface area contributed by atoms with Crippen molar-refractivity contribution in [3.63, 3.8) is 0 Å². The molecule has 1 aromatic carbocycles. The second-order valence-electron chi connectivity index (χ2n) is 6.47. The summed E-state index contributed by atoms with van der Waals surface area (Å²) in [6.07, 6.45) is 1.02. The van der Waals surface area contributed by atoms with Crippen LogP contribution in [0.5, 0.6) is 0 Å². The third-order valence-corrected chi connectivity index (χ3v) is 4.56. The molecular formula is C18H29N3O2. The quantitative estimate of drug-likeness (QED) is 0.907. The Balaban J connectivity index is 1.90. The minimum absolute atomic E-state index is 0.0380. The van der Waals surface area contributed by atoms with Crippen molar-refractivity contribution < 1.29 is 9.53 Å². The molecule has 1 aromatic rings. The van der Waals surface area contributed by atoms with Gasteiger partial charge in [0.2, 0.25) is 0 Å². The van der Waals surface area contributed by atoms with Gasteiger partial charge in [0.15, 0.2) is 0 Å². The maximum Gasteiger partial charge on any atom is 0.321 e. The number of hydrogen-bond acceptors (Lipinski definition) is 3. The molecule has 23 heavy (non-hydrogen) atoms. The van der Waals surface area contributed by atoms with Gasteiger partial charge in [0.05, 0.1) is 6.61 Å². The highest BCUT2D eigenvalue weighted by molar-refractivity contribution is 5.89. The van der Waals surface area contributed by atoms with Crippen molar-refractivity contribution in [2.45, 2.75) is 32.9 Å². The van der Waals surface area contributed by atoms with Crippen molar-refractivity contribution >= 4 is 11.7 Å². The van der Waals surface area contributed by atoms with E-state index in [9.17, 15) is 4.79 Å². The Morgan fingerprint density at radius 3 is 2.70 bits per heavy atom. The van der Waals surface area contributed by atoms with E-state index in [1.165, 1.54) is 0 Å². The Labute approximate surface area is 139 Å². The number of benzene rings is 1. The minimum Gasteiger partial charge on any atom is -0.377 e. The van der Waals surface area contributed by atoms with E-state index in [0.29, 0.717) is 25.2 Å². The van der Waals surface area contributed by atoms with Gasteiger partial charge in [-0.1, -0.05) is 19.1 Å². The predicted molar refractivity (Wildman–Crippen MR) is 93.6 cm³/mol. The first-order chi connectivity index (χ1) is 11.0. The lowest BCUT2D eigenvalue weighted by Gasteiger charge is -2.39. The van der Waals surface area contributed by atoms with Gasteiger partial charge in [-0.15, -0.1) is 0 Å². The maximum absolute atomic E-state index is 12.5. The van der Waals surface area contributed by atoms with E-state index < -0.39 is 0 Å². The molecule has 1 aliphatic rings. The van der Waals surface area contributed by atoms with Gasteiger partial charge in [0, 0.05) is 31.9 Å². The van der Waals surface area contributed by atoms with Crippen LogP contribution in [0, 0.1) is 5.92 Å². The zero-order chi connectivity index (χ0) is 16.8. The molecule has 0 aromatic heterocycles. The number of carbonyl (C=O) groups excluding carboxylic acids is 1. The lowest BCUT2D eigenvalue weighted by atomic mass is 9.93. The van der Waals surface area contributed by atoms with Crippen LogP contribution in [0.15, 0.2) is 24.3 Å². The maximum atomic E-state index is 12.5. The average molecular weight is 319 g/mol. The molecular weight excluding hydrogens is 290 g/mol. The van der Waals surface area contributed by atoms with E-state index >= 15 is 0 Å². The topological polar surface area (TPSA) is 44.8 Å². The van der Waals surface area contributed by atoms with E-state index in [2.05, 4.69) is 24.2 Å². The summed E-state index contributed by atoms with van der Waals surface area (Å²) >= 11 is 0. The summed E-state index contributed by atoms with van der Waals surface area (Å²) in [6.45, 7) is 7.59. The lowest BCUT2D eigenvalue weighted by molar-refractivity contribution is 0.113. The van der Waals surface area contributed by atoms with Gasteiger partial charge in [-0.3, -0.25) is 0 Å². The molecule has 0 spiro atoms. The van der Waals surface area contributed by atoms with Gasteiger partial charge in [-0.05, 0) is 50.6 Å². The number of urea groups is 1. The minimum atomic E-state index is -0.0380. The van der Waals surface area contributed by atoms with Crippen LogP contribution < -0.4 is 5.32 Å². The molecule has 1 fully saturated rings. The predicted octanol–water partition coefficient (Wildman–Crippen LogP) is 3.03. The van der Waals surface area contributed by atoms with Gasteiger partial charge >= 0.3 is 6.03 Å². The van der Waals surface area contributed by atoms with Gasteiger partial charge in [0.1, 0.15) is 0 Å². The summed E-state index contributed by atoms with van der Waals surface area (Å²) in [6, 6.07) is 8.09. The van der Waals surface area contributed by atoms with Crippen molar-refractivity contribution in [3.05, 3.63) is 29.8 Å². The molecule has 2 amide bonds. The Kier molecular flexibility index (Phi) is 6.42. The van der Waals surface area contributed by atoms with E-state index in [1.807, 2.05) is 43.1 Å². The molecule has 2 rings (SSSR count). The summed E-state index contributed by atoms with van der Waals surface area (Å²) in [5, 5.41) is 2.99. The van der Waals surface area contributed by atoms with Crippen LogP contribution in [0.2, 0.25) is 0 Å². The fourth-order valence-electron chi connectivity index (χ4n) is 3.18. The Morgan fingerprint density at radius 2 is 2.09 bits per heavy atom. The van der Waals surface area contributed by atoms with E-state index in [-0.39, 0.29) is 6.03 Å².